The number of nitrogens with one attached hydrogen (secondary N) is 2. The monoisotopic (exact) mass is 318 g/mol. The Morgan fingerprint density at radius 1 is 1.09 bits per heavy atom. The van der Waals surface area contributed by atoms with E-state index in [2.05, 4.69) is 33.1 Å². The van der Waals surface area contributed by atoms with Crippen molar-refractivity contribution in [3.05, 3.63) is 54.0 Å². The van der Waals surface area contributed by atoms with Crippen molar-refractivity contribution < 1.29 is 13.2 Å². The van der Waals surface area contributed by atoms with Gasteiger partial charge in [0.15, 0.2) is 0 Å². The van der Waals surface area contributed by atoms with Crippen LogP contribution in [0.15, 0.2) is 42.7 Å². The molecule has 0 atom stereocenters. The fourth-order valence-electron chi connectivity index (χ4n) is 2.02. The Morgan fingerprint density at radius 3 is 2.43 bits per heavy atom. The summed E-state index contributed by atoms with van der Waals surface area (Å²) in [6.45, 7) is 0.472. The molecule has 0 aliphatic heterocycles. The van der Waals surface area contributed by atoms with Gasteiger partial charge in [-0.25, -0.2) is 9.97 Å². The van der Waals surface area contributed by atoms with Crippen molar-refractivity contribution in [2.45, 2.75) is 12.7 Å². The summed E-state index contributed by atoms with van der Waals surface area (Å²) in [6, 6.07) is 10.5. The summed E-state index contributed by atoms with van der Waals surface area (Å²) in [6.07, 6.45) is 4.80. The molecule has 3 aromatic rings. The lowest BCUT2D eigenvalue weighted by molar-refractivity contribution is -0.140. The van der Waals surface area contributed by atoms with Gasteiger partial charge < -0.3 is 10.3 Å². The fourth-order valence-corrected chi connectivity index (χ4v) is 2.02. The Labute approximate surface area is 130 Å². The summed E-state index contributed by atoms with van der Waals surface area (Å²) < 4.78 is 38.1. The average molecular weight is 318 g/mol. The maximum atomic E-state index is 12.7. The minimum atomic E-state index is -4.43. The molecule has 0 amide bonds. The third kappa shape index (κ3) is 3.80. The number of hydrogen-bond donors (Lipinski definition) is 2. The van der Waals surface area contributed by atoms with Crippen LogP contribution < -0.4 is 5.32 Å². The van der Waals surface area contributed by atoms with E-state index < -0.39 is 11.9 Å². The first-order valence-corrected chi connectivity index (χ1v) is 6.56. The Morgan fingerprint density at radius 2 is 1.78 bits per heavy atom. The number of fused-ring (bicyclic) bond motifs is 1. The Kier molecular flexibility index (Phi) is 4.86. The van der Waals surface area contributed by atoms with Gasteiger partial charge >= 0.3 is 6.18 Å². The number of nitrogens with zero attached hydrogens (tertiary/aromatic N) is 2. The Bertz CT molecular complexity index is 791. The molecule has 0 radical (unpaired) electrons. The van der Waals surface area contributed by atoms with Gasteiger partial charge in [0.05, 0.1) is 5.39 Å². The quantitative estimate of drug-likeness (QED) is 0.722. The van der Waals surface area contributed by atoms with Crippen LogP contribution in [0.4, 0.5) is 19.0 Å². The zero-order valence-corrected chi connectivity index (χ0v) is 11.9. The minimum Gasteiger partial charge on any atom is -0.365 e. The summed E-state index contributed by atoms with van der Waals surface area (Å²) in [5.41, 5.74) is 0.337. The van der Waals surface area contributed by atoms with Gasteiger partial charge in [-0.3, -0.25) is 0 Å². The second-order valence-corrected chi connectivity index (χ2v) is 4.50. The number of hydrogen-bond acceptors (Lipinski definition) is 3. The van der Waals surface area contributed by atoms with Crippen molar-refractivity contribution in [2.75, 3.05) is 5.32 Å². The van der Waals surface area contributed by atoms with Crippen molar-refractivity contribution in [2.24, 2.45) is 0 Å². The molecule has 118 valence electrons. The standard InChI is InChI=1S/C14H11F3N4.C2H2/c15-14(16,17)11-6-10-12(19-8-20-13(10)21-11)18-7-9-4-2-1-3-5-9;1-2/h1-6,8H,7H2,(H2,18,19,20,21);1-2H. The molecule has 0 spiro atoms. The van der Waals surface area contributed by atoms with E-state index >= 15 is 0 Å². The van der Waals surface area contributed by atoms with Crippen LogP contribution >= 0.6 is 0 Å². The molecule has 2 N–H and O–H groups in total. The summed E-state index contributed by atoms with van der Waals surface area (Å²) in [4.78, 5) is 10.1. The Balaban J connectivity index is 0.000000924. The number of rotatable bonds is 3. The molecular formula is C16H13F3N4. The van der Waals surface area contributed by atoms with E-state index in [4.69, 9.17) is 0 Å². The van der Waals surface area contributed by atoms with Crippen LogP contribution in [0.2, 0.25) is 0 Å². The first-order chi connectivity index (χ1) is 11.0. The molecule has 0 fully saturated rings. The molecule has 2 heterocycles. The van der Waals surface area contributed by atoms with Gasteiger partial charge in [0.1, 0.15) is 23.5 Å². The van der Waals surface area contributed by atoms with Gasteiger partial charge in [-0.05, 0) is 11.6 Å². The lowest BCUT2D eigenvalue weighted by atomic mass is 10.2. The maximum Gasteiger partial charge on any atom is 0.431 e. The predicted molar refractivity (Wildman–Crippen MR) is 82.5 cm³/mol. The van der Waals surface area contributed by atoms with E-state index in [0.717, 1.165) is 11.6 Å². The van der Waals surface area contributed by atoms with Crippen molar-refractivity contribution in [1.29, 1.82) is 0 Å². The second-order valence-electron chi connectivity index (χ2n) is 4.50. The van der Waals surface area contributed by atoms with Crippen molar-refractivity contribution in [1.82, 2.24) is 15.0 Å². The molecule has 0 saturated carbocycles. The van der Waals surface area contributed by atoms with Gasteiger partial charge in [-0.15, -0.1) is 12.8 Å². The van der Waals surface area contributed by atoms with Crippen molar-refractivity contribution in [3.63, 3.8) is 0 Å². The van der Waals surface area contributed by atoms with Gasteiger partial charge in [-0.1, -0.05) is 30.3 Å². The van der Waals surface area contributed by atoms with Gasteiger partial charge in [0.25, 0.3) is 0 Å². The third-order valence-corrected chi connectivity index (χ3v) is 3.03. The summed E-state index contributed by atoms with van der Waals surface area (Å²) in [5, 5.41) is 3.35. The highest BCUT2D eigenvalue weighted by atomic mass is 19.4. The van der Waals surface area contributed by atoms with E-state index in [1.807, 2.05) is 30.3 Å². The van der Waals surface area contributed by atoms with Gasteiger partial charge in [0, 0.05) is 6.54 Å². The number of benzene rings is 1. The molecule has 0 saturated heterocycles. The molecule has 0 bridgehead atoms. The topological polar surface area (TPSA) is 53.6 Å². The number of aromatic nitrogens is 3. The minimum absolute atomic E-state index is 0.160. The number of halogens is 3. The number of alkyl halides is 3. The third-order valence-electron chi connectivity index (χ3n) is 3.03. The number of anilines is 1. The number of H-pyrrole nitrogens is 1. The summed E-state index contributed by atoms with van der Waals surface area (Å²) in [5.74, 6) is 0.371. The van der Waals surface area contributed by atoms with Crippen LogP contribution in [0, 0.1) is 12.8 Å². The van der Waals surface area contributed by atoms with E-state index in [0.29, 0.717) is 17.7 Å². The number of terminal acetylenes is 1. The van der Waals surface area contributed by atoms with Crippen LogP contribution in [-0.4, -0.2) is 15.0 Å². The summed E-state index contributed by atoms with van der Waals surface area (Å²) in [7, 11) is 0. The van der Waals surface area contributed by atoms with Crippen LogP contribution in [0.5, 0.6) is 0 Å². The zero-order valence-electron chi connectivity index (χ0n) is 11.9. The van der Waals surface area contributed by atoms with E-state index in [9.17, 15) is 13.2 Å². The molecule has 0 aliphatic carbocycles. The van der Waals surface area contributed by atoms with Gasteiger partial charge in [-0.2, -0.15) is 13.2 Å². The summed E-state index contributed by atoms with van der Waals surface area (Å²) >= 11 is 0. The van der Waals surface area contributed by atoms with Crippen LogP contribution in [-0.2, 0) is 12.7 Å². The number of aromatic amines is 1. The Hall–Kier alpha value is -3.01. The smallest absolute Gasteiger partial charge is 0.365 e. The molecular weight excluding hydrogens is 305 g/mol. The second kappa shape index (κ2) is 6.83. The molecule has 23 heavy (non-hydrogen) atoms. The van der Waals surface area contributed by atoms with Crippen LogP contribution in [0.1, 0.15) is 11.3 Å². The van der Waals surface area contributed by atoms with Crippen LogP contribution in [0.25, 0.3) is 11.0 Å². The zero-order chi connectivity index (χ0) is 16.9. The molecule has 2 aromatic heterocycles. The van der Waals surface area contributed by atoms with Crippen LogP contribution in [0.3, 0.4) is 0 Å². The first kappa shape index (κ1) is 16.4. The molecule has 7 heteroatoms. The molecule has 0 unspecified atom stereocenters. The average Bonchev–Trinajstić information content (AvgIpc) is 3.01. The van der Waals surface area contributed by atoms with Crippen molar-refractivity contribution in [3.8, 4) is 12.8 Å². The SMILES string of the molecule is C#C.FC(F)(F)c1cc2c(NCc3ccccc3)ncnc2[nH]1. The normalized spacial score (nSPS) is 10.8. The van der Waals surface area contributed by atoms with E-state index in [-0.39, 0.29) is 5.65 Å². The molecule has 3 rings (SSSR count). The van der Waals surface area contributed by atoms with E-state index in [1.54, 1.807) is 0 Å². The predicted octanol–water partition coefficient (Wildman–Crippen LogP) is 3.84. The molecule has 4 nitrogen and oxygen atoms in total. The maximum absolute atomic E-state index is 12.7. The lowest BCUT2D eigenvalue weighted by Gasteiger charge is -2.06. The molecule has 1 aromatic carbocycles. The first-order valence-electron chi connectivity index (χ1n) is 6.56. The highest BCUT2D eigenvalue weighted by Crippen LogP contribution is 2.32. The molecule has 0 aliphatic rings. The van der Waals surface area contributed by atoms with E-state index in [1.165, 1.54) is 6.33 Å². The van der Waals surface area contributed by atoms with Crippen molar-refractivity contribution >= 4 is 16.9 Å². The lowest BCUT2D eigenvalue weighted by Crippen LogP contribution is -2.04. The highest BCUT2D eigenvalue weighted by Gasteiger charge is 2.33. The highest BCUT2D eigenvalue weighted by molar-refractivity contribution is 5.87. The largest absolute Gasteiger partial charge is 0.431 e. The fraction of sp³-hybridized carbons (Fsp3) is 0.125. The van der Waals surface area contributed by atoms with Gasteiger partial charge in [0.2, 0.25) is 0 Å².